The van der Waals surface area contributed by atoms with Crippen molar-refractivity contribution in [2.45, 2.75) is 38.8 Å². The molecule has 0 radical (unpaired) electrons. The van der Waals surface area contributed by atoms with Crippen LogP contribution in [-0.4, -0.2) is 10.2 Å². The summed E-state index contributed by atoms with van der Waals surface area (Å²) in [6.45, 7) is 3.86. The molecule has 1 aromatic heterocycles. The molecule has 2 bridgehead atoms. The first-order valence-electron chi connectivity index (χ1n) is 7.33. The number of nitrogens with zero attached hydrogens (tertiary/aromatic N) is 4. The first-order valence-corrected chi connectivity index (χ1v) is 7.33. The molecule has 0 saturated carbocycles. The van der Waals surface area contributed by atoms with Crippen LogP contribution in [0.1, 0.15) is 52.9 Å². The summed E-state index contributed by atoms with van der Waals surface area (Å²) in [6, 6.07) is 11.6. The predicted octanol–water partition coefficient (Wildman–Crippen LogP) is 3.36. The minimum Gasteiger partial charge on any atom is -0.340 e. The molecule has 104 valence electrons. The van der Waals surface area contributed by atoms with Crippen LogP contribution >= 0.6 is 0 Å². The number of anilines is 1. The van der Waals surface area contributed by atoms with Crippen LogP contribution in [0, 0.1) is 25.2 Å². The highest BCUT2D eigenvalue weighted by molar-refractivity contribution is 5.64. The van der Waals surface area contributed by atoms with Gasteiger partial charge < -0.3 is 4.90 Å². The Labute approximate surface area is 124 Å². The number of fused-ring (bicyclic) bond motifs is 5. The molecule has 2 aromatic rings. The molecule has 2 atom stereocenters. The molecular weight excluding hydrogens is 260 g/mol. The molecule has 0 N–H and O–H groups in total. The van der Waals surface area contributed by atoms with Crippen molar-refractivity contribution in [3.05, 3.63) is 52.2 Å². The van der Waals surface area contributed by atoms with Gasteiger partial charge in [-0.1, -0.05) is 24.3 Å². The summed E-state index contributed by atoms with van der Waals surface area (Å²) >= 11 is 0. The number of aryl methyl sites for hydroxylation is 1. The highest BCUT2D eigenvalue weighted by Gasteiger charge is 2.45. The van der Waals surface area contributed by atoms with Crippen molar-refractivity contribution in [1.29, 1.82) is 5.26 Å². The maximum Gasteiger partial charge on any atom is 0.170 e. The molecule has 2 unspecified atom stereocenters. The Morgan fingerprint density at radius 1 is 1.10 bits per heavy atom. The smallest absolute Gasteiger partial charge is 0.170 e. The summed E-state index contributed by atoms with van der Waals surface area (Å²) in [7, 11) is 0. The molecule has 2 aliphatic rings. The fourth-order valence-corrected chi connectivity index (χ4v) is 3.75. The fourth-order valence-electron chi connectivity index (χ4n) is 3.75. The molecule has 1 saturated heterocycles. The Morgan fingerprint density at radius 2 is 1.71 bits per heavy atom. The van der Waals surface area contributed by atoms with Crippen molar-refractivity contribution in [2.24, 2.45) is 0 Å². The lowest BCUT2D eigenvalue weighted by atomic mass is 9.92. The molecule has 0 spiro atoms. The van der Waals surface area contributed by atoms with Gasteiger partial charge in [-0.25, -0.2) is 0 Å². The van der Waals surface area contributed by atoms with Gasteiger partial charge in [0, 0.05) is 0 Å². The second-order valence-corrected chi connectivity index (χ2v) is 5.87. The van der Waals surface area contributed by atoms with Gasteiger partial charge in [0.05, 0.1) is 17.8 Å². The average molecular weight is 276 g/mol. The van der Waals surface area contributed by atoms with E-state index in [1.54, 1.807) is 0 Å². The molecule has 21 heavy (non-hydrogen) atoms. The van der Waals surface area contributed by atoms with Crippen molar-refractivity contribution in [2.75, 3.05) is 4.90 Å². The standard InChI is InChI=1S/C17H16N4/c1-10-11(2)19-20-17(14(10)9-18)21-15-7-8-16(21)13-6-4-3-5-12(13)15/h3-6,15-16H,7-8H2,1-2H3. The van der Waals surface area contributed by atoms with E-state index in [1.165, 1.54) is 11.1 Å². The summed E-state index contributed by atoms with van der Waals surface area (Å²) < 4.78 is 0. The van der Waals surface area contributed by atoms with Gasteiger partial charge >= 0.3 is 0 Å². The van der Waals surface area contributed by atoms with Crippen LogP contribution < -0.4 is 4.90 Å². The van der Waals surface area contributed by atoms with E-state index >= 15 is 0 Å². The Balaban J connectivity index is 1.88. The largest absolute Gasteiger partial charge is 0.340 e. The zero-order chi connectivity index (χ0) is 14.6. The number of nitriles is 1. The van der Waals surface area contributed by atoms with Crippen LogP contribution in [0.5, 0.6) is 0 Å². The Bertz CT molecular complexity index is 744. The zero-order valence-electron chi connectivity index (χ0n) is 12.2. The zero-order valence-corrected chi connectivity index (χ0v) is 12.2. The van der Waals surface area contributed by atoms with Gasteiger partial charge in [0.25, 0.3) is 0 Å². The Kier molecular flexibility index (Phi) is 2.52. The number of hydrogen-bond donors (Lipinski definition) is 0. The van der Waals surface area contributed by atoms with E-state index < -0.39 is 0 Å². The van der Waals surface area contributed by atoms with Gasteiger partial charge in [-0.2, -0.15) is 10.4 Å². The summed E-state index contributed by atoms with van der Waals surface area (Å²) in [5.74, 6) is 0.754. The quantitative estimate of drug-likeness (QED) is 0.801. The van der Waals surface area contributed by atoms with E-state index in [9.17, 15) is 5.26 Å². The third-order valence-corrected chi connectivity index (χ3v) is 4.89. The molecule has 4 nitrogen and oxygen atoms in total. The number of aromatic nitrogens is 2. The molecule has 1 fully saturated rings. The van der Waals surface area contributed by atoms with Crippen LogP contribution in [0.2, 0.25) is 0 Å². The third kappa shape index (κ3) is 1.55. The first kappa shape index (κ1) is 12.3. The minimum atomic E-state index is 0.342. The van der Waals surface area contributed by atoms with Crippen molar-refractivity contribution in [3.8, 4) is 6.07 Å². The molecular formula is C17H16N4. The lowest BCUT2D eigenvalue weighted by Crippen LogP contribution is -2.22. The lowest BCUT2D eigenvalue weighted by molar-refractivity contribution is 0.716. The van der Waals surface area contributed by atoms with Crippen molar-refractivity contribution in [3.63, 3.8) is 0 Å². The van der Waals surface area contributed by atoms with Gasteiger partial charge in [-0.05, 0) is 43.4 Å². The van der Waals surface area contributed by atoms with Crippen LogP contribution in [0.25, 0.3) is 0 Å². The van der Waals surface area contributed by atoms with Crippen molar-refractivity contribution in [1.82, 2.24) is 10.2 Å². The van der Waals surface area contributed by atoms with E-state index in [2.05, 4.69) is 45.4 Å². The van der Waals surface area contributed by atoms with Gasteiger partial charge in [0.15, 0.2) is 5.82 Å². The Morgan fingerprint density at radius 3 is 2.29 bits per heavy atom. The Hall–Kier alpha value is -2.41. The summed E-state index contributed by atoms with van der Waals surface area (Å²) in [5, 5.41) is 18.2. The highest BCUT2D eigenvalue weighted by Crippen LogP contribution is 2.54. The van der Waals surface area contributed by atoms with Gasteiger partial charge in [-0.3, -0.25) is 0 Å². The predicted molar refractivity (Wildman–Crippen MR) is 79.9 cm³/mol. The summed E-state index contributed by atoms with van der Waals surface area (Å²) in [4.78, 5) is 2.31. The summed E-state index contributed by atoms with van der Waals surface area (Å²) in [5.41, 5.74) is 5.22. The number of rotatable bonds is 1. The topological polar surface area (TPSA) is 52.8 Å². The molecule has 1 aromatic carbocycles. The molecule has 3 heterocycles. The second-order valence-electron chi connectivity index (χ2n) is 5.87. The molecule has 4 heteroatoms. The third-order valence-electron chi connectivity index (χ3n) is 4.89. The van der Waals surface area contributed by atoms with E-state index in [-0.39, 0.29) is 0 Å². The summed E-state index contributed by atoms with van der Waals surface area (Å²) in [6.07, 6.45) is 2.25. The normalized spacial score (nSPS) is 22.2. The lowest BCUT2D eigenvalue weighted by Gasteiger charge is -2.24. The van der Waals surface area contributed by atoms with E-state index in [0.717, 1.165) is 29.9 Å². The van der Waals surface area contributed by atoms with E-state index in [1.807, 2.05) is 13.8 Å². The maximum absolute atomic E-state index is 9.55. The van der Waals surface area contributed by atoms with Crippen LogP contribution in [-0.2, 0) is 0 Å². The second kappa shape index (κ2) is 4.29. The van der Waals surface area contributed by atoms with Crippen LogP contribution in [0.3, 0.4) is 0 Å². The van der Waals surface area contributed by atoms with Crippen molar-refractivity contribution < 1.29 is 0 Å². The molecule has 2 aliphatic heterocycles. The monoisotopic (exact) mass is 276 g/mol. The van der Waals surface area contributed by atoms with Crippen LogP contribution in [0.4, 0.5) is 5.82 Å². The molecule has 0 aliphatic carbocycles. The first-order chi connectivity index (χ1) is 10.2. The van der Waals surface area contributed by atoms with E-state index in [0.29, 0.717) is 17.6 Å². The van der Waals surface area contributed by atoms with Gasteiger partial charge in [0.1, 0.15) is 11.6 Å². The van der Waals surface area contributed by atoms with Gasteiger partial charge in [0.2, 0.25) is 0 Å². The maximum atomic E-state index is 9.55. The SMILES string of the molecule is Cc1nnc(N2C3CCC2c2ccccc23)c(C#N)c1C. The average Bonchev–Trinajstić information content (AvgIpc) is 3.07. The highest BCUT2D eigenvalue weighted by atomic mass is 15.3. The fraction of sp³-hybridized carbons (Fsp3) is 0.353. The van der Waals surface area contributed by atoms with Crippen molar-refractivity contribution >= 4 is 5.82 Å². The van der Waals surface area contributed by atoms with E-state index in [4.69, 9.17) is 0 Å². The van der Waals surface area contributed by atoms with Crippen LogP contribution in [0.15, 0.2) is 24.3 Å². The number of hydrogen-bond acceptors (Lipinski definition) is 4. The molecule has 4 rings (SSSR count). The van der Waals surface area contributed by atoms with Gasteiger partial charge in [-0.15, -0.1) is 5.10 Å². The molecule has 0 amide bonds. The number of benzene rings is 1. The minimum absolute atomic E-state index is 0.342.